The highest BCUT2D eigenvalue weighted by atomic mass is 19.1. The topological polar surface area (TPSA) is 93.2 Å². The molecule has 4 heterocycles. The van der Waals surface area contributed by atoms with Gasteiger partial charge in [-0.05, 0) is 81.2 Å². The maximum Gasteiger partial charge on any atom is 0.325 e. The molecule has 3 aliphatic rings. The zero-order valence-corrected chi connectivity index (χ0v) is 24.5. The molecule has 3 aliphatic heterocycles. The second kappa shape index (κ2) is 14.6. The molecular weight excluding hydrogens is 544 g/mol. The quantitative estimate of drug-likeness (QED) is 0.298. The van der Waals surface area contributed by atoms with Crippen LogP contribution < -0.4 is 10.1 Å². The van der Waals surface area contributed by atoms with Crippen molar-refractivity contribution in [2.24, 2.45) is 5.92 Å². The average molecular weight is 588 g/mol. The van der Waals surface area contributed by atoms with Gasteiger partial charge in [-0.25, -0.2) is 13.8 Å². The summed E-state index contributed by atoms with van der Waals surface area (Å²) in [6.07, 6.45) is 5.83. The second-order valence-electron chi connectivity index (χ2n) is 11.7. The number of anilines is 1. The van der Waals surface area contributed by atoms with Crippen molar-refractivity contribution in [1.29, 1.82) is 0 Å². The fourth-order valence-corrected chi connectivity index (χ4v) is 6.48. The molecule has 0 saturated carbocycles. The molecule has 3 atom stereocenters. The Hall–Kier alpha value is -2.82. The van der Waals surface area contributed by atoms with Gasteiger partial charge in [-0.2, -0.15) is 0 Å². The molecule has 230 valence electrons. The van der Waals surface area contributed by atoms with Gasteiger partial charge in [0, 0.05) is 49.5 Å². The van der Waals surface area contributed by atoms with Crippen LogP contribution in [-0.2, 0) is 33.7 Å². The molecule has 10 heteroatoms. The van der Waals surface area contributed by atoms with Gasteiger partial charge in [0.15, 0.2) is 0 Å². The SMILES string of the molecule is COc1cc(CCCC[C@H](F)[C@@H]2CCN([C@H](C(=O)O)c3cc(F)ccc3COC3CCOCC3)C2)nc2c1CCCN2. The number of aryl methyl sites for hydroxylation is 1. The molecule has 0 bridgehead atoms. The minimum Gasteiger partial charge on any atom is -0.496 e. The van der Waals surface area contributed by atoms with Gasteiger partial charge in [0.25, 0.3) is 0 Å². The summed E-state index contributed by atoms with van der Waals surface area (Å²) in [4.78, 5) is 19.0. The molecule has 5 rings (SSSR count). The molecule has 0 spiro atoms. The Balaban J connectivity index is 1.15. The number of benzene rings is 1. The van der Waals surface area contributed by atoms with Crippen LogP contribution in [0.25, 0.3) is 0 Å². The molecule has 2 N–H and O–H groups in total. The summed E-state index contributed by atoms with van der Waals surface area (Å²) >= 11 is 0. The summed E-state index contributed by atoms with van der Waals surface area (Å²) in [6.45, 7) is 3.15. The number of halogens is 2. The van der Waals surface area contributed by atoms with Crippen LogP contribution in [0.4, 0.5) is 14.6 Å². The molecule has 2 aromatic rings. The number of ether oxygens (including phenoxy) is 3. The van der Waals surface area contributed by atoms with Crippen LogP contribution in [0.15, 0.2) is 24.3 Å². The van der Waals surface area contributed by atoms with Crippen molar-refractivity contribution in [1.82, 2.24) is 9.88 Å². The molecule has 8 nitrogen and oxygen atoms in total. The van der Waals surface area contributed by atoms with Crippen molar-refractivity contribution in [3.05, 3.63) is 52.5 Å². The van der Waals surface area contributed by atoms with Crippen LogP contribution >= 0.6 is 0 Å². The Bertz CT molecular complexity index is 1190. The molecule has 1 aromatic carbocycles. The number of aromatic nitrogens is 1. The van der Waals surface area contributed by atoms with Crippen LogP contribution in [0.2, 0.25) is 0 Å². The van der Waals surface area contributed by atoms with Crippen molar-refractivity contribution < 1.29 is 32.9 Å². The van der Waals surface area contributed by atoms with Crippen LogP contribution in [0.3, 0.4) is 0 Å². The van der Waals surface area contributed by atoms with E-state index in [1.54, 1.807) is 18.1 Å². The van der Waals surface area contributed by atoms with E-state index in [0.29, 0.717) is 56.7 Å². The lowest BCUT2D eigenvalue weighted by Crippen LogP contribution is -2.34. The van der Waals surface area contributed by atoms with E-state index in [1.165, 1.54) is 12.1 Å². The number of rotatable bonds is 13. The first-order chi connectivity index (χ1) is 20.4. The number of nitrogens with zero attached hydrogens (tertiary/aromatic N) is 2. The summed E-state index contributed by atoms with van der Waals surface area (Å²) in [5, 5.41) is 13.6. The molecule has 0 amide bonds. The summed E-state index contributed by atoms with van der Waals surface area (Å²) in [7, 11) is 1.68. The number of unbranched alkanes of at least 4 members (excludes halogenated alkanes) is 1. The molecule has 0 radical (unpaired) electrons. The number of carbonyl (C=O) groups is 1. The van der Waals surface area contributed by atoms with E-state index in [2.05, 4.69) is 5.32 Å². The summed E-state index contributed by atoms with van der Waals surface area (Å²) in [5.41, 5.74) is 3.10. The number of carboxylic acid groups (broad SMARTS) is 1. The Morgan fingerprint density at radius 2 is 2.07 bits per heavy atom. The highest BCUT2D eigenvalue weighted by molar-refractivity contribution is 5.76. The van der Waals surface area contributed by atoms with E-state index in [-0.39, 0.29) is 18.6 Å². The van der Waals surface area contributed by atoms with Crippen molar-refractivity contribution in [2.75, 3.05) is 45.3 Å². The van der Waals surface area contributed by atoms with Crippen molar-refractivity contribution in [3.63, 3.8) is 0 Å². The lowest BCUT2D eigenvalue weighted by atomic mass is 9.96. The number of fused-ring (bicyclic) bond motifs is 1. The Labute approximate surface area is 246 Å². The minimum absolute atomic E-state index is 0.0325. The van der Waals surface area contributed by atoms with E-state index in [1.807, 2.05) is 6.07 Å². The Morgan fingerprint density at radius 3 is 2.86 bits per heavy atom. The van der Waals surface area contributed by atoms with E-state index >= 15 is 4.39 Å². The Morgan fingerprint density at radius 1 is 1.24 bits per heavy atom. The van der Waals surface area contributed by atoms with Gasteiger partial charge < -0.3 is 24.6 Å². The Kier molecular flexibility index (Phi) is 10.6. The van der Waals surface area contributed by atoms with E-state index in [0.717, 1.165) is 67.9 Å². The summed E-state index contributed by atoms with van der Waals surface area (Å²) in [6, 6.07) is 5.18. The average Bonchev–Trinajstić information content (AvgIpc) is 3.48. The van der Waals surface area contributed by atoms with E-state index < -0.39 is 24.0 Å². The third-order valence-corrected chi connectivity index (χ3v) is 8.83. The molecule has 0 unspecified atom stereocenters. The predicted octanol–water partition coefficient (Wildman–Crippen LogP) is 5.48. The van der Waals surface area contributed by atoms with Crippen LogP contribution in [-0.4, -0.2) is 73.2 Å². The van der Waals surface area contributed by atoms with Gasteiger partial charge in [-0.15, -0.1) is 0 Å². The van der Waals surface area contributed by atoms with Gasteiger partial charge in [-0.1, -0.05) is 12.5 Å². The highest BCUT2D eigenvalue weighted by Gasteiger charge is 2.38. The van der Waals surface area contributed by atoms with Crippen LogP contribution in [0.1, 0.15) is 73.4 Å². The molecule has 1 aromatic heterocycles. The van der Waals surface area contributed by atoms with E-state index in [9.17, 15) is 14.3 Å². The van der Waals surface area contributed by atoms with Gasteiger partial charge in [0.2, 0.25) is 0 Å². The fraction of sp³-hybridized carbons (Fsp3) is 0.625. The first kappa shape index (κ1) is 30.6. The molecule has 2 saturated heterocycles. The monoisotopic (exact) mass is 587 g/mol. The van der Waals surface area contributed by atoms with E-state index in [4.69, 9.17) is 19.2 Å². The number of hydrogen-bond donors (Lipinski definition) is 2. The fourth-order valence-electron chi connectivity index (χ4n) is 6.48. The van der Waals surface area contributed by atoms with Gasteiger partial charge in [0.05, 0.1) is 19.8 Å². The maximum atomic E-state index is 15.4. The number of methoxy groups -OCH3 is 1. The van der Waals surface area contributed by atoms with Gasteiger partial charge >= 0.3 is 5.97 Å². The van der Waals surface area contributed by atoms with Gasteiger partial charge in [0.1, 0.15) is 29.6 Å². The number of hydrogen-bond acceptors (Lipinski definition) is 7. The standard InChI is InChI=1S/C32H43F2N3O5/c1-40-29-18-24(36-31-26(29)6-4-13-35-31)5-2-3-7-28(34)21-10-14-37(19-21)30(32(38)39)27-17-23(33)9-8-22(27)20-42-25-11-15-41-16-12-25/h8-9,17-18,21,25,28,30H,2-7,10-16,19-20H2,1H3,(H,35,36)(H,38,39)/t21-,28+,30+/m1/s1. The molecular formula is C32H43F2N3O5. The molecule has 2 fully saturated rings. The lowest BCUT2D eigenvalue weighted by Gasteiger charge is -2.28. The van der Waals surface area contributed by atoms with Crippen LogP contribution in [0, 0.1) is 11.7 Å². The largest absolute Gasteiger partial charge is 0.496 e. The van der Waals surface area contributed by atoms with Gasteiger partial charge in [-0.3, -0.25) is 9.69 Å². The first-order valence-electron chi connectivity index (χ1n) is 15.3. The van der Waals surface area contributed by atoms with Crippen molar-refractivity contribution >= 4 is 11.8 Å². The van der Waals surface area contributed by atoms with Crippen LogP contribution in [0.5, 0.6) is 5.75 Å². The van der Waals surface area contributed by atoms with Crippen molar-refractivity contribution in [3.8, 4) is 5.75 Å². The first-order valence-corrected chi connectivity index (χ1v) is 15.3. The minimum atomic E-state index is -1.06. The zero-order chi connectivity index (χ0) is 29.5. The number of alkyl halides is 1. The number of likely N-dealkylation sites (tertiary alicyclic amines) is 1. The molecule has 0 aliphatic carbocycles. The normalized spacial score (nSPS) is 21.0. The third-order valence-electron chi connectivity index (χ3n) is 8.83. The summed E-state index contributed by atoms with van der Waals surface area (Å²) in [5.74, 6) is -0.0530. The third kappa shape index (κ3) is 7.57. The molecule has 42 heavy (non-hydrogen) atoms. The number of nitrogens with one attached hydrogen (secondary N) is 1. The number of carboxylic acids is 1. The maximum absolute atomic E-state index is 15.4. The predicted molar refractivity (Wildman–Crippen MR) is 155 cm³/mol. The number of aliphatic carboxylic acids is 1. The second-order valence-corrected chi connectivity index (χ2v) is 11.7. The summed E-state index contributed by atoms with van der Waals surface area (Å²) < 4.78 is 46.7. The number of pyridine rings is 1. The van der Waals surface area contributed by atoms with Crippen molar-refractivity contribution in [2.45, 2.75) is 82.7 Å². The zero-order valence-electron chi connectivity index (χ0n) is 24.5. The smallest absolute Gasteiger partial charge is 0.325 e. The lowest BCUT2D eigenvalue weighted by molar-refractivity contribution is -0.143. The highest BCUT2D eigenvalue weighted by Crippen LogP contribution is 2.35.